The molecule has 0 aromatic heterocycles. The molecular formula is C15H20ClNO. The normalized spacial score (nSPS) is 23.9. The molecule has 0 saturated heterocycles. The fourth-order valence-corrected chi connectivity index (χ4v) is 3.12. The lowest BCUT2D eigenvalue weighted by atomic mass is 9.74. The first-order chi connectivity index (χ1) is 8.63. The molecule has 3 heteroatoms. The summed E-state index contributed by atoms with van der Waals surface area (Å²) in [4.78, 5) is 12.5. The third-order valence-corrected chi connectivity index (χ3v) is 4.38. The number of hydrogen-bond donors (Lipinski definition) is 1. The molecule has 0 radical (unpaired) electrons. The minimum Gasteiger partial charge on any atom is -0.398 e. The summed E-state index contributed by atoms with van der Waals surface area (Å²) in [5.41, 5.74) is 6.92. The van der Waals surface area contributed by atoms with E-state index in [1.54, 1.807) is 18.2 Å². The molecule has 98 valence electrons. The van der Waals surface area contributed by atoms with Crippen LogP contribution in [0.4, 0.5) is 5.69 Å². The predicted molar refractivity (Wildman–Crippen MR) is 75.9 cm³/mol. The van der Waals surface area contributed by atoms with Crippen LogP contribution in [0, 0.1) is 11.8 Å². The Balaban J connectivity index is 2.21. The summed E-state index contributed by atoms with van der Waals surface area (Å²) in [5, 5.41) is 0.477. The minimum atomic E-state index is 0.170. The van der Waals surface area contributed by atoms with Crippen LogP contribution in [0.25, 0.3) is 0 Å². The molecule has 2 rings (SSSR count). The Bertz CT molecular complexity index is 444. The van der Waals surface area contributed by atoms with Gasteiger partial charge in [-0.15, -0.1) is 0 Å². The second-order valence-corrected chi connectivity index (χ2v) is 5.57. The lowest BCUT2D eigenvalue weighted by molar-refractivity contribution is 0.0820. The van der Waals surface area contributed by atoms with E-state index in [9.17, 15) is 4.79 Å². The summed E-state index contributed by atoms with van der Waals surface area (Å²) in [6, 6.07) is 5.23. The SMILES string of the molecule is CCC1CCCCC1C(=O)c1ccc(N)c(Cl)c1. The van der Waals surface area contributed by atoms with Gasteiger partial charge in [0.2, 0.25) is 0 Å². The van der Waals surface area contributed by atoms with Gasteiger partial charge < -0.3 is 5.73 Å². The number of nitrogen functional groups attached to an aromatic ring is 1. The molecule has 0 spiro atoms. The minimum absolute atomic E-state index is 0.170. The van der Waals surface area contributed by atoms with Crippen molar-refractivity contribution in [2.75, 3.05) is 5.73 Å². The number of hydrogen-bond acceptors (Lipinski definition) is 2. The average molecular weight is 266 g/mol. The van der Waals surface area contributed by atoms with Crippen LogP contribution in [0.1, 0.15) is 49.4 Å². The highest BCUT2D eigenvalue weighted by atomic mass is 35.5. The van der Waals surface area contributed by atoms with Crippen molar-refractivity contribution in [2.45, 2.75) is 39.0 Å². The Morgan fingerprint density at radius 1 is 1.39 bits per heavy atom. The van der Waals surface area contributed by atoms with Crippen molar-refractivity contribution in [3.8, 4) is 0 Å². The molecule has 1 aromatic carbocycles. The first-order valence-electron chi connectivity index (χ1n) is 6.72. The van der Waals surface area contributed by atoms with Gasteiger partial charge in [-0.25, -0.2) is 0 Å². The van der Waals surface area contributed by atoms with Crippen LogP contribution in [0.15, 0.2) is 18.2 Å². The van der Waals surface area contributed by atoms with Gasteiger partial charge in [0.05, 0.1) is 10.7 Å². The Kier molecular flexibility index (Phi) is 4.28. The highest BCUT2D eigenvalue weighted by molar-refractivity contribution is 6.33. The molecule has 1 saturated carbocycles. The highest BCUT2D eigenvalue weighted by Gasteiger charge is 2.30. The van der Waals surface area contributed by atoms with Crippen LogP contribution in [0.2, 0.25) is 5.02 Å². The maximum atomic E-state index is 12.5. The van der Waals surface area contributed by atoms with E-state index in [0.29, 0.717) is 22.2 Å². The van der Waals surface area contributed by atoms with E-state index < -0.39 is 0 Å². The largest absolute Gasteiger partial charge is 0.398 e. The molecule has 0 amide bonds. The van der Waals surface area contributed by atoms with Gasteiger partial charge in [-0.05, 0) is 37.0 Å². The van der Waals surface area contributed by atoms with Crippen LogP contribution in [-0.4, -0.2) is 5.78 Å². The Morgan fingerprint density at radius 2 is 2.11 bits per heavy atom. The van der Waals surface area contributed by atoms with Crippen LogP contribution in [0.5, 0.6) is 0 Å². The zero-order valence-corrected chi connectivity index (χ0v) is 11.5. The first-order valence-corrected chi connectivity index (χ1v) is 7.10. The Hall–Kier alpha value is -1.02. The van der Waals surface area contributed by atoms with Gasteiger partial charge in [0.25, 0.3) is 0 Å². The molecular weight excluding hydrogens is 246 g/mol. The van der Waals surface area contributed by atoms with Crippen LogP contribution in [-0.2, 0) is 0 Å². The predicted octanol–water partition coefficient (Wildman–Crippen LogP) is 4.32. The fourth-order valence-electron chi connectivity index (χ4n) is 2.94. The number of Topliss-reactive ketones (excluding diaryl/α,β-unsaturated/α-hetero) is 1. The number of ketones is 1. The summed E-state index contributed by atoms with van der Waals surface area (Å²) in [5.74, 6) is 0.939. The second kappa shape index (κ2) is 5.75. The highest BCUT2D eigenvalue weighted by Crippen LogP contribution is 2.35. The molecule has 0 aliphatic heterocycles. The molecule has 1 fully saturated rings. The maximum Gasteiger partial charge on any atom is 0.166 e. The quantitative estimate of drug-likeness (QED) is 0.653. The number of carbonyl (C=O) groups is 1. The molecule has 0 heterocycles. The first kappa shape index (κ1) is 13.4. The summed E-state index contributed by atoms with van der Waals surface area (Å²) in [6.45, 7) is 2.17. The van der Waals surface area contributed by atoms with Gasteiger partial charge in [0.1, 0.15) is 0 Å². The van der Waals surface area contributed by atoms with Crippen molar-refractivity contribution < 1.29 is 4.79 Å². The van der Waals surface area contributed by atoms with Gasteiger partial charge >= 0.3 is 0 Å². The van der Waals surface area contributed by atoms with Gasteiger partial charge in [-0.1, -0.05) is 37.8 Å². The van der Waals surface area contributed by atoms with Crippen molar-refractivity contribution >= 4 is 23.1 Å². The van der Waals surface area contributed by atoms with Gasteiger partial charge in [-0.2, -0.15) is 0 Å². The smallest absolute Gasteiger partial charge is 0.166 e. The second-order valence-electron chi connectivity index (χ2n) is 5.16. The number of anilines is 1. The maximum absolute atomic E-state index is 12.5. The third kappa shape index (κ3) is 2.69. The van der Waals surface area contributed by atoms with E-state index in [1.807, 2.05) is 0 Å². The monoisotopic (exact) mass is 265 g/mol. The van der Waals surface area contributed by atoms with E-state index >= 15 is 0 Å². The van der Waals surface area contributed by atoms with Gasteiger partial charge in [-0.3, -0.25) is 4.79 Å². The van der Waals surface area contributed by atoms with E-state index in [-0.39, 0.29) is 11.7 Å². The van der Waals surface area contributed by atoms with E-state index in [2.05, 4.69) is 6.92 Å². The molecule has 2 atom stereocenters. The number of halogens is 1. The molecule has 0 bridgehead atoms. The zero-order valence-electron chi connectivity index (χ0n) is 10.8. The Morgan fingerprint density at radius 3 is 2.78 bits per heavy atom. The topological polar surface area (TPSA) is 43.1 Å². The molecule has 2 unspecified atom stereocenters. The standard InChI is InChI=1S/C15H20ClNO/c1-2-10-5-3-4-6-12(10)15(18)11-7-8-14(17)13(16)9-11/h7-10,12H,2-6,17H2,1H3. The van der Waals surface area contributed by atoms with Crippen molar-refractivity contribution in [3.63, 3.8) is 0 Å². The molecule has 1 aliphatic carbocycles. The van der Waals surface area contributed by atoms with Crippen molar-refractivity contribution in [1.29, 1.82) is 0 Å². The lowest BCUT2D eigenvalue weighted by Crippen LogP contribution is -2.27. The zero-order chi connectivity index (χ0) is 13.1. The summed E-state index contributed by atoms with van der Waals surface area (Å²) in [7, 11) is 0. The fraction of sp³-hybridized carbons (Fsp3) is 0.533. The van der Waals surface area contributed by atoms with E-state index in [4.69, 9.17) is 17.3 Å². The van der Waals surface area contributed by atoms with Crippen molar-refractivity contribution in [1.82, 2.24) is 0 Å². The number of benzene rings is 1. The molecule has 2 N–H and O–H groups in total. The number of carbonyl (C=O) groups excluding carboxylic acids is 1. The van der Waals surface area contributed by atoms with Crippen molar-refractivity contribution in [2.24, 2.45) is 11.8 Å². The average Bonchev–Trinajstić information content (AvgIpc) is 2.41. The molecule has 1 aliphatic rings. The van der Waals surface area contributed by atoms with Gasteiger partial charge in [0, 0.05) is 11.5 Å². The van der Waals surface area contributed by atoms with Crippen LogP contribution >= 0.6 is 11.6 Å². The molecule has 1 aromatic rings. The molecule has 2 nitrogen and oxygen atoms in total. The van der Waals surface area contributed by atoms with Gasteiger partial charge in [0.15, 0.2) is 5.78 Å². The Labute approximate surface area is 114 Å². The third-order valence-electron chi connectivity index (χ3n) is 4.06. The van der Waals surface area contributed by atoms with E-state index in [0.717, 1.165) is 19.3 Å². The van der Waals surface area contributed by atoms with Crippen LogP contribution < -0.4 is 5.73 Å². The summed E-state index contributed by atoms with van der Waals surface area (Å²) in [6.07, 6.45) is 5.69. The van der Waals surface area contributed by atoms with Crippen molar-refractivity contribution in [3.05, 3.63) is 28.8 Å². The van der Waals surface area contributed by atoms with E-state index in [1.165, 1.54) is 12.8 Å². The van der Waals surface area contributed by atoms with Crippen LogP contribution in [0.3, 0.4) is 0 Å². The molecule has 18 heavy (non-hydrogen) atoms. The summed E-state index contributed by atoms with van der Waals surface area (Å²) >= 11 is 5.99. The number of nitrogens with two attached hydrogens (primary N) is 1. The number of rotatable bonds is 3. The summed E-state index contributed by atoms with van der Waals surface area (Å²) < 4.78 is 0. The lowest BCUT2D eigenvalue weighted by Gasteiger charge is -2.29.